The van der Waals surface area contributed by atoms with Gasteiger partial charge >= 0.3 is 133 Å². The Hall–Kier alpha value is -5.19. The molecule has 0 aliphatic heterocycles. The second kappa shape index (κ2) is 76.5. The maximum atomic E-state index is 12.2. The molecule has 0 aliphatic rings. The van der Waals surface area contributed by atoms with Crippen LogP contribution >= 0.6 is 215 Å². The van der Waals surface area contributed by atoms with Crippen LogP contribution < -0.4 is 81.5 Å². The third kappa shape index (κ3) is 58.3. The number of benzene rings is 9. The number of pyridine rings is 2. The van der Waals surface area contributed by atoms with Gasteiger partial charge in [0, 0.05) is 148 Å². The van der Waals surface area contributed by atoms with E-state index in [1.54, 1.807) is 179 Å². The van der Waals surface area contributed by atoms with Gasteiger partial charge in [-0.15, -0.1) is 0 Å². The number of ether oxygens (including phenoxy) is 3. The van der Waals surface area contributed by atoms with E-state index in [4.69, 9.17) is 97.0 Å². The molecule has 0 spiro atoms. The first-order valence-electron chi connectivity index (χ1n) is 37.2. The topological polar surface area (TPSA) is 337 Å². The van der Waals surface area contributed by atoms with Crippen molar-refractivity contribution < 1.29 is 74.5 Å². The Bertz CT molecular complexity index is 5230. The molecular formula is C87H105Cl5I9N13O10V-. The van der Waals surface area contributed by atoms with Gasteiger partial charge in [-0.3, -0.25) is 19.6 Å². The molecule has 23 nitrogen and oxygen atoms in total. The quantitative estimate of drug-likeness (QED) is 0.0128. The third-order valence-electron chi connectivity index (χ3n) is 14.0. The van der Waals surface area contributed by atoms with E-state index < -0.39 is 31.8 Å². The number of nitrogen functional groups attached to an aromatic ring is 2. The predicted octanol–water partition coefficient (Wildman–Crippen LogP) is 27.8. The first kappa shape index (κ1) is 116. The summed E-state index contributed by atoms with van der Waals surface area (Å²) >= 11 is 48.4. The Morgan fingerprint density at radius 1 is 0.440 bits per heavy atom. The normalized spacial score (nSPS) is 9.93. The van der Waals surface area contributed by atoms with Gasteiger partial charge in [0.15, 0.2) is 0 Å². The number of phenols is 1. The number of aromatic hydroxyl groups is 1. The van der Waals surface area contributed by atoms with Crippen molar-refractivity contribution in [1.29, 1.82) is 0 Å². The van der Waals surface area contributed by atoms with E-state index in [0.29, 0.717) is 84.7 Å². The molecule has 0 fully saturated rings. The maximum absolute atomic E-state index is 12.2. The minimum absolute atomic E-state index is 0. The number of methoxy groups -OCH3 is 2. The summed E-state index contributed by atoms with van der Waals surface area (Å²) in [5.41, 5.74) is 22.3. The molecular weight excluding hydrogens is 2760 g/mol. The number of urea groups is 3. The predicted molar refractivity (Wildman–Crippen MR) is 592 cm³/mol. The first-order valence-corrected chi connectivity index (χ1v) is 70.6. The van der Waals surface area contributed by atoms with Crippen LogP contribution in [0.25, 0.3) is 0 Å². The van der Waals surface area contributed by atoms with Gasteiger partial charge < -0.3 is 73.3 Å². The Labute approximate surface area is 875 Å². The van der Waals surface area contributed by atoms with Gasteiger partial charge in [0.05, 0.1) is 19.9 Å². The number of rotatable bonds is 13. The molecule has 682 valence electrons. The number of hydrogen-bond donors (Lipinski definition) is 11. The summed E-state index contributed by atoms with van der Waals surface area (Å²) in [6, 6.07) is 58.4. The van der Waals surface area contributed by atoms with Crippen LogP contribution in [0.4, 0.5) is 65.6 Å². The molecule has 2 aromatic heterocycles. The number of phenolic OH excluding ortho intramolecular Hbond substituents is 1. The van der Waals surface area contributed by atoms with Crippen molar-refractivity contribution in [2.75, 3.05) is 76.5 Å². The summed E-state index contributed by atoms with van der Waals surface area (Å²) in [6.07, 6.45) is 4.26. The number of anilines is 8. The van der Waals surface area contributed by atoms with E-state index in [-0.39, 0.29) is 63.8 Å². The number of amides is 8. The number of carbonyl (C=O) groups is 5. The van der Waals surface area contributed by atoms with E-state index in [0.717, 1.165) is 61.3 Å². The van der Waals surface area contributed by atoms with Crippen LogP contribution in [0.2, 0.25) is 25.1 Å². The molecule has 2 heterocycles. The fourth-order valence-electron chi connectivity index (χ4n) is 8.42. The Balaban J connectivity index is -0.000000476. The van der Waals surface area contributed by atoms with E-state index in [2.05, 4.69) is 204 Å². The molecule has 0 saturated heterocycles. The zero-order valence-corrected chi connectivity index (χ0v) is 90.8. The SMILES string of the molecule is C.C.C.C.CC.CI.COc1ccc(N)cc1.COc1ccc(NC(=O)Nc2ccc(Cl)c(C)c2)cc1.Cc1cc(N)ccc1Cl.Cc1cc(N=C=O)ccc1Cl.Cc1cc(NC(=O)Nc2ccc(O)cc2)ccc1Cl.II.I[I-]I.[2H]C([2H])([2H])NC(=O)c1cc(C)ccn1.[2H]C([2H])([2H])NC(=O)c1cc(Oc2ccc(NC(=O)Nc3ccc(Cl)c(C)c3)cc2)ccn1.[I][V]([I])[I]. The molecule has 0 atom stereocenters. The number of aryl methyl sites for hydroxylation is 6. The number of nitrogens with two attached hydrogens (primary N) is 2. The molecule has 0 unspecified atom stereocenters. The van der Waals surface area contributed by atoms with E-state index in [9.17, 15) is 28.8 Å². The molecule has 125 heavy (non-hydrogen) atoms. The van der Waals surface area contributed by atoms with E-state index >= 15 is 0 Å². The summed E-state index contributed by atoms with van der Waals surface area (Å²) in [5, 5.41) is 32.5. The minimum atomic E-state index is -2.61. The molecule has 9 aromatic carbocycles. The van der Waals surface area contributed by atoms with Crippen molar-refractivity contribution in [2.45, 2.75) is 85.1 Å². The fraction of sp³-hybridized carbons (Fsp3) is 0.195. The number of hydrogen-bond acceptors (Lipinski definition) is 15. The van der Waals surface area contributed by atoms with Gasteiger partial charge in [-0.2, -0.15) is 4.99 Å². The molecule has 0 bridgehead atoms. The zero-order valence-electron chi connectivity index (χ0n) is 72.2. The number of isocyanates is 1. The van der Waals surface area contributed by atoms with Crippen LogP contribution in [-0.4, -0.2) is 84.2 Å². The number of carbonyl (C=O) groups excluding carboxylic acids is 6. The number of halogens is 14. The Kier molecular flexibility index (Phi) is 70.9. The number of alkyl halides is 1. The summed E-state index contributed by atoms with van der Waals surface area (Å²) in [4.78, 5) is 81.6. The van der Waals surface area contributed by atoms with Gasteiger partial charge in [-0.25, -0.2) is 19.2 Å². The standard InChI is InChI=1S/C21H19ClN4O3.C15H15ClN2O2.C14H13ClN2O2.C8H6ClNO.C8H10N2O.C7H8ClN.C7H9NO.C2H6.CH3I.4CH4.I3.I2.3HI.V/c1-13-11-15(5-8-18(13)22)26-21(28)25-14-3-6-16(7-4-14)29-17-9-10-24-19(12-17)20(27)23-2;1-10-9-12(5-8-14(10)16)18-15(19)17-11-3-6-13(20-2)7-4-11;1-9-8-11(4-7-13(9)15)17-14(19)16-10-2-5-12(18)6-3-10;1-6-4-7(10-5-11)2-3-8(6)9;1-6-3-4-10-7(5-6)8(11)9-2;1-5-4-6(9)2-3-7(5)8;1-9-7-4-2-6(8)3-5-7;2*1-2;;;;;1-3-2;1-2;;;;/h3-12H,1-2H3,(H,23,27)(H2,25,26,28);3-9H,1-2H3,(H2,17,18,19);2-8,18H,1H3,(H2,16,17,19);2-4H,1H3;3-5H,1-2H3,(H,9,11);2-4H,9H2,1H3;2-5H,8H2,1H3;1-2H3;1H3;4*1H4;;;3*1H;/q;;;;;;;;;;;;;-1;;;;;+3/p-3/i2D3;;;;2D3;;;;;;;;;;;;;;. The van der Waals surface area contributed by atoms with Crippen molar-refractivity contribution in [3.63, 3.8) is 0 Å². The molecule has 0 saturated carbocycles. The summed E-state index contributed by atoms with van der Waals surface area (Å²) < 4.78 is 57.5. The van der Waals surface area contributed by atoms with Crippen molar-refractivity contribution in [3.05, 3.63) is 295 Å². The van der Waals surface area contributed by atoms with Crippen LogP contribution in [0.1, 0.15) is 106 Å². The van der Waals surface area contributed by atoms with E-state index in [1.165, 1.54) is 48.8 Å². The third-order valence-corrected chi connectivity index (χ3v) is 16.1. The van der Waals surface area contributed by atoms with Crippen LogP contribution in [0.15, 0.2) is 230 Å². The second-order valence-electron chi connectivity index (χ2n) is 22.7. The molecule has 0 radical (unpaired) electrons. The molecule has 11 rings (SSSR count). The molecule has 0 aliphatic carbocycles. The van der Waals surface area contributed by atoms with Gasteiger partial charge in [0.25, 0.3) is 11.8 Å². The number of nitrogens with one attached hydrogen (secondary N) is 8. The van der Waals surface area contributed by atoms with Crippen molar-refractivity contribution in [2.24, 2.45) is 4.99 Å². The average molecular weight is 2870 g/mol. The average Bonchev–Trinajstić information content (AvgIpc) is 0.858. The van der Waals surface area contributed by atoms with Gasteiger partial charge in [0.2, 0.25) is 6.08 Å². The summed E-state index contributed by atoms with van der Waals surface area (Å²) in [5.74, 6) is 0.947. The Morgan fingerprint density at radius 3 is 1.06 bits per heavy atom. The number of aliphatic imine (C=N–C) groups is 1. The monoisotopic (exact) mass is 2870 g/mol. The van der Waals surface area contributed by atoms with Gasteiger partial charge in [0.1, 0.15) is 40.1 Å². The molecule has 11 aromatic rings. The number of aromatic nitrogens is 2. The molecule has 13 N–H and O–H groups in total. The molecule has 38 heteroatoms. The van der Waals surface area contributed by atoms with Gasteiger partial charge in [-0.1, -0.05) is 124 Å². The van der Waals surface area contributed by atoms with E-state index in [1.807, 2.05) is 88.3 Å². The summed E-state index contributed by atoms with van der Waals surface area (Å²) in [6.45, 7) is 10.1. The van der Waals surface area contributed by atoms with Crippen LogP contribution in [0.3, 0.4) is 0 Å². The Morgan fingerprint density at radius 2 is 0.736 bits per heavy atom. The van der Waals surface area contributed by atoms with Crippen LogP contribution in [0.5, 0.6) is 28.7 Å². The van der Waals surface area contributed by atoms with Crippen LogP contribution in [-0.2, 0) is 9.72 Å². The fourth-order valence-corrected chi connectivity index (χ4v) is 9.01. The zero-order chi connectivity index (χ0) is 96.5. The number of nitrogens with zero attached hydrogens (tertiary/aromatic N) is 3. The second-order valence-corrected chi connectivity index (χ2v) is 76.3. The van der Waals surface area contributed by atoms with Crippen molar-refractivity contribution in [1.82, 2.24) is 20.6 Å². The van der Waals surface area contributed by atoms with Crippen molar-refractivity contribution in [3.8, 4) is 28.7 Å². The first-order chi connectivity index (χ1) is 60.0. The van der Waals surface area contributed by atoms with Crippen LogP contribution in [0, 0.1) is 41.5 Å². The van der Waals surface area contributed by atoms with Gasteiger partial charge in [-0.05, 0) is 286 Å². The molecule has 8 amide bonds. The van der Waals surface area contributed by atoms with Crippen molar-refractivity contribution >= 4 is 302 Å². The summed E-state index contributed by atoms with van der Waals surface area (Å²) in [7, 11) is 3.23.